The van der Waals surface area contributed by atoms with Gasteiger partial charge in [0.1, 0.15) is 0 Å². The van der Waals surface area contributed by atoms with E-state index in [0.29, 0.717) is 0 Å². The summed E-state index contributed by atoms with van der Waals surface area (Å²) in [6.45, 7) is 16.0. The highest BCUT2D eigenvalue weighted by molar-refractivity contribution is 6.84. The zero-order valence-corrected chi connectivity index (χ0v) is 16.1. The molecule has 2 fully saturated rings. The molecule has 1 heterocycles. The van der Waals surface area contributed by atoms with Crippen molar-refractivity contribution in [2.75, 3.05) is 6.61 Å². The van der Waals surface area contributed by atoms with Crippen molar-refractivity contribution in [1.29, 1.82) is 0 Å². The minimum atomic E-state index is -1.58. The normalized spacial score (nSPS) is 33.3. The van der Waals surface area contributed by atoms with Crippen molar-refractivity contribution in [1.82, 2.24) is 0 Å². The molecule has 0 aromatic rings. The number of hydrogen-bond donors (Lipinski definition) is 0. The molecule has 1 saturated carbocycles. The smallest absolute Gasteiger partial charge is 0.214 e. The molecule has 3 heteroatoms. The van der Waals surface area contributed by atoms with Gasteiger partial charge in [0.2, 0.25) is 8.32 Å². The van der Waals surface area contributed by atoms with Gasteiger partial charge < -0.3 is 4.43 Å². The highest BCUT2D eigenvalue weighted by Gasteiger charge is 2.49. The zero-order chi connectivity index (χ0) is 14.7. The van der Waals surface area contributed by atoms with E-state index in [-0.39, 0.29) is 0 Å². The highest BCUT2D eigenvalue weighted by Crippen LogP contribution is 2.52. The van der Waals surface area contributed by atoms with Crippen molar-refractivity contribution in [3.05, 3.63) is 21.5 Å². The molecule has 0 aromatic carbocycles. The van der Waals surface area contributed by atoms with Crippen molar-refractivity contribution in [2.24, 2.45) is 11.8 Å². The van der Waals surface area contributed by atoms with Crippen molar-refractivity contribution < 1.29 is 4.43 Å². The Morgan fingerprint density at radius 3 is 2.25 bits per heavy atom. The summed E-state index contributed by atoms with van der Waals surface area (Å²) in [7, 11) is -2.81. The van der Waals surface area contributed by atoms with Gasteiger partial charge >= 0.3 is 0 Å². The summed E-state index contributed by atoms with van der Waals surface area (Å²) in [6.07, 6.45) is 5.48. The Bertz CT molecular complexity index is 478. The molecule has 0 spiro atoms. The third-order valence-electron chi connectivity index (χ3n) is 5.63. The largest absolute Gasteiger partial charge is 0.413 e. The van der Waals surface area contributed by atoms with Crippen LogP contribution in [0.3, 0.4) is 0 Å². The fraction of sp³-hybridized carbons (Fsp3) is 0.765. The lowest BCUT2D eigenvalue weighted by Gasteiger charge is -2.42. The standard InChI is InChI=1S/C17H30OSi2/c1-12-15-11-18-20(5,6)17(15)14-10-8-7-9-13(14)16(12)19(2,3)4/h12,15H,7-11H2,1-6H3/t12-,15+/m1/s1. The van der Waals surface area contributed by atoms with Crippen LogP contribution in [0.15, 0.2) is 21.5 Å². The van der Waals surface area contributed by atoms with E-state index in [0.717, 1.165) is 18.4 Å². The Labute approximate surface area is 126 Å². The number of hydrogen-bond acceptors (Lipinski definition) is 1. The van der Waals surface area contributed by atoms with Crippen LogP contribution >= 0.6 is 0 Å². The Morgan fingerprint density at radius 1 is 1.05 bits per heavy atom. The fourth-order valence-electron chi connectivity index (χ4n) is 5.00. The summed E-state index contributed by atoms with van der Waals surface area (Å²) < 4.78 is 6.34. The molecule has 2 aliphatic carbocycles. The molecule has 0 aromatic heterocycles. The van der Waals surface area contributed by atoms with Crippen LogP contribution in [0.1, 0.15) is 32.6 Å². The Balaban J connectivity index is 2.22. The Kier molecular flexibility index (Phi) is 3.47. The summed E-state index contributed by atoms with van der Waals surface area (Å²) in [5.74, 6) is 1.46. The predicted molar refractivity (Wildman–Crippen MR) is 92.0 cm³/mol. The first kappa shape index (κ1) is 14.8. The second-order valence-electron chi connectivity index (χ2n) is 8.46. The van der Waals surface area contributed by atoms with Gasteiger partial charge in [-0.15, -0.1) is 0 Å². The third kappa shape index (κ3) is 2.13. The van der Waals surface area contributed by atoms with E-state index < -0.39 is 16.4 Å². The quantitative estimate of drug-likeness (QED) is 0.614. The maximum Gasteiger partial charge on any atom is 0.214 e. The Hall–Kier alpha value is -0.126. The molecule has 3 rings (SSSR count). The molecular formula is C17H30OSi2. The average molecular weight is 307 g/mol. The van der Waals surface area contributed by atoms with E-state index in [1.807, 2.05) is 10.4 Å². The molecule has 1 nitrogen and oxygen atoms in total. The minimum absolute atomic E-state index is 0.718. The van der Waals surface area contributed by atoms with Crippen LogP contribution in [0.5, 0.6) is 0 Å². The van der Waals surface area contributed by atoms with E-state index in [2.05, 4.69) is 39.7 Å². The second-order valence-corrected chi connectivity index (χ2v) is 17.3. The number of fused-ring (bicyclic) bond motifs is 2. The molecule has 0 N–H and O–H groups in total. The van der Waals surface area contributed by atoms with E-state index >= 15 is 0 Å². The summed E-state index contributed by atoms with van der Waals surface area (Å²) in [4.78, 5) is 0. The van der Waals surface area contributed by atoms with Gasteiger partial charge in [-0.1, -0.05) is 31.8 Å². The SMILES string of the molecule is C[C@H]1C([Si](C)(C)C)=C2CCCCC2=C2[C@H]1CO[Si]2(C)C. The van der Waals surface area contributed by atoms with Crippen molar-refractivity contribution in [3.63, 3.8) is 0 Å². The average Bonchev–Trinajstić information content (AvgIpc) is 2.65. The molecule has 112 valence electrons. The van der Waals surface area contributed by atoms with Gasteiger partial charge in [0.05, 0.1) is 8.07 Å². The highest BCUT2D eigenvalue weighted by atomic mass is 28.4. The number of allylic oxidation sites excluding steroid dienone is 3. The van der Waals surface area contributed by atoms with Crippen LogP contribution in [0.25, 0.3) is 0 Å². The van der Waals surface area contributed by atoms with Crippen molar-refractivity contribution >= 4 is 16.4 Å². The van der Waals surface area contributed by atoms with Crippen LogP contribution < -0.4 is 0 Å². The molecule has 0 radical (unpaired) electrons. The monoisotopic (exact) mass is 306 g/mol. The number of rotatable bonds is 1. The van der Waals surface area contributed by atoms with Crippen molar-refractivity contribution in [3.8, 4) is 0 Å². The van der Waals surface area contributed by atoms with Gasteiger partial charge in [-0.3, -0.25) is 0 Å². The first-order valence-corrected chi connectivity index (χ1v) is 14.8. The lowest BCUT2D eigenvalue weighted by atomic mass is 9.77. The van der Waals surface area contributed by atoms with Gasteiger partial charge in [0.25, 0.3) is 0 Å². The minimum Gasteiger partial charge on any atom is -0.413 e. The van der Waals surface area contributed by atoms with Gasteiger partial charge in [-0.25, -0.2) is 0 Å². The molecule has 2 atom stereocenters. The third-order valence-corrected chi connectivity index (χ3v) is 10.9. The summed E-state index contributed by atoms with van der Waals surface area (Å²) in [5, 5.41) is 3.69. The van der Waals surface area contributed by atoms with Crippen LogP contribution in [-0.2, 0) is 4.43 Å². The van der Waals surface area contributed by atoms with Gasteiger partial charge in [-0.05, 0) is 61.0 Å². The summed E-state index contributed by atoms with van der Waals surface area (Å²) >= 11 is 0. The second kappa shape index (κ2) is 4.69. The molecular weight excluding hydrogens is 276 g/mol. The molecule has 1 aliphatic heterocycles. The summed E-state index contributed by atoms with van der Waals surface area (Å²) in [5.41, 5.74) is 3.59. The fourth-order valence-corrected chi connectivity index (χ4v) is 10.7. The van der Waals surface area contributed by atoms with Crippen LogP contribution in [0.2, 0.25) is 32.7 Å². The van der Waals surface area contributed by atoms with Crippen LogP contribution in [0, 0.1) is 11.8 Å². The first-order chi connectivity index (χ1) is 9.23. The summed E-state index contributed by atoms with van der Waals surface area (Å²) in [6, 6.07) is 0. The van der Waals surface area contributed by atoms with E-state index in [9.17, 15) is 0 Å². The molecule has 3 aliphatic rings. The zero-order valence-electron chi connectivity index (χ0n) is 14.1. The topological polar surface area (TPSA) is 9.23 Å². The Morgan fingerprint density at radius 2 is 1.65 bits per heavy atom. The lowest BCUT2D eigenvalue weighted by molar-refractivity contribution is 0.281. The lowest BCUT2D eigenvalue weighted by Crippen LogP contribution is -2.40. The van der Waals surface area contributed by atoms with E-state index in [4.69, 9.17) is 4.43 Å². The molecule has 0 unspecified atom stereocenters. The molecule has 20 heavy (non-hydrogen) atoms. The first-order valence-electron chi connectivity index (χ1n) is 8.35. The van der Waals surface area contributed by atoms with Gasteiger partial charge in [-0.2, -0.15) is 0 Å². The van der Waals surface area contributed by atoms with Gasteiger partial charge in [0.15, 0.2) is 0 Å². The van der Waals surface area contributed by atoms with Gasteiger partial charge in [0, 0.05) is 12.5 Å². The predicted octanol–water partition coefficient (Wildman–Crippen LogP) is 5.07. The molecule has 0 amide bonds. The van der Waals surface area contributed by atoms with Crippen LogP contribution in [-0.4, -0.2) is 23.0 Å². The molecule has 1 saturated heterocycles. The van der Waals surface area contributed by atoms with E-state index in [1.165, 1.54) is 25.7 Å². The van der Waals surface area contributed by atoms with Crippen LogP contribution in [0.4, 0.5) is 0 Å². The maximum absolute atomic E-state index is 6.34. The maximum atomic E-state index is 6.34. The van der Waals surface area contributed by atoms with E-state index in [1.54, 1.807) is 11.1 Å². The van der Waals surface area contributed by atoms with Crippen molar-refractivity contribution in [2.45, 2.75) is 65.3 Å². The molecule has 0 bridgehead atoms.